The van der Waals surface area contributed by atoms with E-state index in [1.807, 2.05) is 18.8 Å². The van der Waals surface area contributed by atoms with Gasteiger partial charge in [0.05, 0.1) is 13.2 Å². The Balaban J connectivity index is 1.34. The molecule has 0 spiro atoms. The van der Waals surface area contributed by atoms with E-state index >= 15 is 0 Å². The number of ether oxygens (including phenoxy) is 1. The van der Waals surface area contributed by atoms with E-state index in [2.05, 4.69) is 75.6 Å². The summed E-state index contributed by atoms with van der Waals surface area (Å²) < 4.78 is 6.07. The number of nitrogens with zero attached hydrogens (tertiary/aromatic N) is 3. The van der Waals surface area contributed by atoms with E-state index in [-0.39, 0.29) is 6.10 Å². The van der Waals surface area contributed by atoms with Gasteiger partial charge >= 0.3 is 0 Å². The minimum Gasteiger partial charge on any atom is -0.370 e. The molecule has 2 fully saturated rings. The summed E-state index contributed by atoms with van der Waals surface area (Å²) >= 11 is 2.04. The molecule has 1 atom stereocenters. The van der Waals surface area contributed by atoms with Gasteiger partial charge in [-0.1, -0.05) is 36.4 Å². The molecule has 4 rings (SSSR count). The Morgan fingerprint density at radius 2 is 1.87 bits per heavy atom. The largest absolute Gasteiger partial charge is 0.370 e. The van der Waals surface area contributed by atoms with Gasteiger partial charge in [-0.2, -0.15) is 11.8 Å². The van der Waals surface area contributed by atoms with Gasteiger partial charge in [0, 0.05) is 50.4 Å². The normalized spacial score (nSPS) is 20.3. The number of thioether (sulfide) groups is 1. The van der Waals surface area contributed by atoms with Crippen LogP contribution in [0, 0.1) is 6.92 Å². The highest BCUT2D eigenvalue weighted by Crippen LogP contribution is 2.25. The lowest BCUT2D eigenvalue weighted by atomic mass is 10.0. The second-order valence-electron chi connectivity index (χ2n) is 7.83. The Labute approximate surface area is 184 Å². The Kier molecular flexibility index (Phi) is 7.18. The lowest BCUT2D eigenvalue weighted by molar-refractivity contribution is -0.00833. The summed E-state index contributed by atoms with van der Waals surface area (Å²) in [6.45, 7) is 7.60. The molecule has 2 aliphatic rings. The van der Waals surface area contributed by atoms with Crippen LogP contribution in [0.4, 0.5) is 5.69 Å². The summed E-state index contributed by atoms with van der Waals surface area (Å²) in [7, 11) is 1.86. The molecular weight excluding hydrogens is 392 g/mol. The third-order valence-corrected chi connectivity index (χ3v) is 6.82. The minimum absolute atomic E-state index is 0.0838. The van der Waals surface area contributed by atoms with E-state index in [1.165, 1.54) is 33.9 Å². The lowest BCUT2D eigenvalue weighted by Crippen LogP contribution is -2.48. The van der Waals surface area contributed by atoms with Crippen LogP contribution >= 0.6 is 11.8 Å². The van der Waals surface area contributed by atoms with Crippen LogP contribution in [0.3, 0.4) is 0 Å². The summed E-state index contributed by atoms with van der Waals surface area (Å²) in [6, 6.07) is 17.4. The molecule has 30 heavy (non-hydrogen) atoms. The van der Waals surface area contributed by atoms with Crippen LogP contribution in [0.15, 0.2) is 53.5 Å². The zero-order valence-electron chi connectivity index (χ0n) is 18.0. The average Bonchev–Trinajstić information content (AvgIpc) is 2.81. The summed E-state index contributed by atoms with van der Waals surface area (Å²) in [4.78, 5) is 9.32. The molecule has 5 nitrogen and oxygen atoms in total. The first-order valence-corrected chi connectivity index (χ1v) is 11.9. The minimum atomic E-state index is 0.0838. The van der Waals surface area contributed by atoms with Crippen LogP contribution in [0.5, 0.6) is 0 Å². The van der Waals surface area contributed by atoms with Crippen molar-refractivity contribution in [1.29, 1.82) is 0 Å². The molecule has 0 aromatic heterocycles. The molecule has 0 saturated carbocycles. The quantitative estimate of drug-likeness (QED) is 0.599. The maximum absolute atomic E-state index is 6.07. The third kappa shape index (κ3) is 5.10. The highest BCUT2D eigenvalue weighted by molar-refractivity contribution is 7.99. The van der Waals surface area contributed by atoms with Gasteiger partial charge in [0.2, 0.25) is 0 Å². The van der Waals surface area contributed by atoms with E-state index in [0.717, 1.165) is 38.7 Å². The topological polar surface area (TPSA) is 40.1 Å². The number of rotatable bonds is 4. The van der Waals surface area contributed by atoms with Crippen molar-refractivity contribution in [2.75, 3.05) is 56.2 Å². The monoisotopic (exact) mass is 424 g/mol. The van der Waals surface area contributed by atoms with Crippen LogP contribution in [0.25, 0.3) is 0 Å². The van der Waals surface area contributed by atoms with Gasteiger partial charge in [0.25, 0.3) is 0 Å². The molecule has 2 aliphatic heterocycles. The van der Waals surface area contributed by atoms with Gasteiger partial charge in [-0.25, -0.2) is 0 Å². The molecule has 6 heteroatoms. The second-order valence-corrected chi connectivity index (χ2v) is 9.05. The summed E-state index contributed by atoms with van der Waals surface area (Å²) in [5.74, 6) is 3.39. The van der Waals surface area contributed by atoms with Gasteiger partial charge in [-0.05, 0) is 35.7 Å². The zero-order chi connectivity index (χ0) is 20.8. The number of benzene rings is 2. The predicted octanol–water partition coefficient (Wildman–Crippen LogP) is 3.70. The number of anilines is 1. The van der Waals surface area contributed by atoms with Gasteiger partial charge in [0.1, 0.15) is 6.10 Å². The van der Waals surface area contributed by atoms with E-state index in [0.29, 0.717) is 6.61 Å². The van der Waals surface area contributed by atoms with Gasteiger partial charge in [0.15, 0.2) is 5.96 Å². The van der Waals surface area contributed by atoms with Crippen LogP contribution in [-0.2, 0) is 11.3 Å². The Hall–Kier alpha value is -2.18. The molecule has 160 valence electrons. The number of aliphatic imine (C=N–C) groups is 1. The van der Waals surface area contributed by atoms with Crippen molar-refractivity contribution in [2.45, 2.75) is 19.6 Å². The van der Waals surface area contributed by atoms with Crippen LogP contribution in [0.1, 0.15) is 22.8 Å². The first-order chi connectivity index (χ1) is 14.7. The Bertz CT molecular complexity index is 849. The van der Waals surface area contributed by atoms with Crippen molar-refractivity contribution in [1.82, 2.24) is 10.2 Å². The number of aryl methyl sites for hydroxylation is 1. The van der Waals surface area contributed by atoms with E-state index in [9.17, 15) is 0 Å². The van der Waals surface area contributed by atoms with E-state index in [4.69, 9.17) is 4.74 Å². The highest BCUT2D eigenvalue weighted by Gasteiger charge is 2.25. The fraction of sp³-hybridized carbons (Fsp3) is 0.458. The third-order valence-electron chi connectivity index (χ3n) is 5.88. The smallest absolute Gasteiger partial charge is 0.194 e. The number of hydrogen-bond donors (Lipinski definition) is 1. The number of morpholine rings is 1. The SMILES string of the molecule is CN=C(NCc1ccc(N2CCSCC2)cc1)N1CCOC(c2ccccc2C)C1. The Morgan fingerprint density at radius 3 is 2.60 bits per heavy atom. The zero-order valence-corrected chi connectivity index (χ0v) is 18.8. The van der Waals surface area contributed by atoms with Crippen molar-refractivity contribution < 1.29 is 4.74 Å². The Morgan fingerprint density at radius 1 is 1.10 bits per heavy atom. The molecule has 0 radical (unpaired) electrons. The number of hydrogen-bond acceptors (Lipinski definition) is 4. The van der Waals surface area contributed by atoms with E-state index < -0.39 is 0 Å². The van der Waals surface area contributed by atoms with Gasteiger partial charge in [-0.3, -0.25) is 4.99 Å². The molecule has 0 amide bonds. The van der Waals surface area contributed by atoms with Crippen LogP contribution in [-0.4, -0.2) is 62.2 Å². The van der Waals surface area contributed by atoms with Gasteiger partial charge in [-0.15, -0.1) is 0 Å². The molecule has 2 aromatic carbocycles. The van der Waals surface area contributed by atoms with Gasteiger partial charge < -0.3 is 19.9 Å². The maximum Gasteiger partial charge on any atom is 0.194 e. The summed E-state index contributed by atoms with van der Waals surface area (Å²) in [5, 5.41) is 3.54. The number of guanidine groups is 1. The van der Waals surface area contributed by atoms with Crippen molar-refractivity contribution in [2.24, 2.45) is 4.99 Å². The van der Waals surface area contributed by atoms with Crippen molar-refractivity contribution in [3.63, 3.8) is 0 Å². The molecule has 2 heterocycles. The van der Waals surface area contributed by atoms with Crippen molar-refractivity contribution >= 4 is 23.4 Å². The summed E-state index contributed by atoms with van der Waals surface area (Å²) in [6.07, 6.45) is 0.0838. The standard InChI is InChI=1S/C24H32N4OS/c1-19-5-3-4-6-22(19)23-18-28(11-14-29-23)24(25-2)26-17-20-7-9-21(10-8-20)27-12-15-30-16-13-27/h3-10,23H,11-18H2,1-2H3,(H,25,26). The predicted molar refractivity (Wildman–Crippen MR) is 128 cm³/mol. The first kappa shape index (κ1) is 21.1. The average molecular weight is 425 g/mol. The van der Waals surface area contributed by atoms with Crippen molar-refractivity contribution in [3.05, 3.63) is 65.2 Å². The molecule has 2 aromatic rings. The molecule has 0 aliphatic carbocycles. The highest BCUT2D eigenvalue weighted by atomic mass is 32.2. The second kappa shape index (κ2) is 10.2. The molecule has 0 bridgehead atoms. The van der Waals surface area contributed by atoms with Crippen LogP contribution < -0.4 is 10.2 Å². The van der Waals surface area contributed by atoms with Crippen molar-refractivity contribution in [3.8, 4) is 0 Å². The maximum atomic E-state index is 6.07. The van der Waals surface area contributed by atoms with E-state index in [1.54, 1.807) is 0 Å². The molecule has 2 saturated heterocycles. The molecule has 1 N–H and O–H groups in total. The first-order valence-electron chi connectivity index (χ1n) is 10.8. The van der Waals surface area contributed by atoms with Crippen LogP contribution in [0.2, 0.25) is 0 Å². The lowest BCUT2D eigenvalue weighted by Gasteiger charge is -2.35. The summed E-state index contributed by atoms with van der Waals surface area (Å²) in [5.41, 5.74) is 5.15. The molecule has 1 unspecified atom stereocenters. The molecular formula is C24H32N4OS. The fourth-order valence-corrected chi connectivity index (χ4v) is 5.04. The number of nitrogens with one attached hydrogen (secondary N) is 1. The fourth-order valence-electron chi connectivity index (χ4n) is 4.14.